The highest BCUT2D eigenvalue weighted by atomic mass is 32.1. The highest BCUT2D eigenvalue weighted by Crippen LogP contribution is 2.23. The molecule has 0 amide bonds. The molecule has 0 fully saturated rings. The van der Waals surface area contributed by atoms with E-state index in [1.54, 1.807) is 10.9 Å². The van der Waals surface area contributed by atoms with Crippen LogP contribution in [0.5, 0.6) is 5.75 Å². The molecule has 2 aromatic carbocycles. The number of H-pyrrole nitrogens is 1. The molecule has 1 N–H and O–H groups in total. The second kappa shape index (κ2) is 9.52. The summed E-state index contributed by atoms with van der Waals surface area (Å²) >= 11 is 5.37. The molecular weight excluding hydrogens is 382 g/mol. The molecule has 0 aliphatic heterocycles. The van der Waals surface area contributed by atoms with E-state index >= 15 is 0 Å². The van der Waals surface area contributed by atoms with Crippen LogP contribution in [-0.4, -0.2) is 40.3 Å². The van der Waals surface area contributed by atoms with E-state index in [2.05, 4.69) is 58.3 Å². The fourth-order valence-electron chi connectivity index (χ4n) is 3.05. The number of nitrogens with zero attached hydrogens (tertiary/aromatic N) is 4. The number of aromatic nitrogens is 3. The van der Waals surface area contributed by atoms with E-state index in [0.29, 0.717) is 10.6 Å². The molecule has 0 bridgehead atoms. The Balaban J connectivity index is 1.86. The molecule has 1 aromatic heterocycles. The van der Waals surface area contributed by atoms with Crippen LogP contribution in [0.2, 0.25) is 0 Å². The lowest BCUT2D eigenvalue weighted by Crippen LogP contribution is -2.21. The smallest absolute Gasteiger partial charge is 0.216 e. The summed E-state index contributed by atoms with van der Waals surface area (Å²) < 4.78 is 7.85. The first kappa shape index (κ1) is 20.8. The molecule has 29 heavy (non-hydrogen) atoms. The number of anilines is 1. The maximum Gasteiger partial charge on any atom is 0.216 e. The van der Waals surface area contributed by atoms with Crippen molar-refractivity contribution in [1.82, 2.24) is 14.9 Å². The number of ether oxygens (including phenoxy) is 1. The van der Waals surface area contributed by atoms with Crippen LogP contribution in [0.1, 0.15) is 33.3 Å². The van der Waals surface area contributed by atoms with E-state index in [-0.39, 0.29) is 6.10 Å². The molecule has 0 aliphatic carbocycles. The molecule has 0 atom stereocenters. The third-order valence-corrected chi connectivity index (χ3v) is 4.72. The number of benzene rings is 2. The molecule has 7 heteroatoms. The summed E-state index contributed by atoms with van der Waals surface area (Å²) in [6.07, 6.45) is 1.89. The first-order valence-corrected chi connectivity index (χ1v) is 10.3. The lowest BCUT2D eigenvalue weighted by molar-refractivity contribution is 0.242. The Hall–Kier alpha value is -2.93. The van der Waals surface area contributed by atoms with Crippen LogP contribution < -0.4 is 9.64 Å². The minimum atomic E-state index is 0.100. The molecule has 1 heterocycles. The normalized spacial score (nSPS) is 11.3. The van der Waals surface area contributed by atoms with Crippen LogP contribution in [-0.2, 0) is 0 Å². The zero-order valence-corrected chi connectivity index (χ0v) is 18.1. The molecule has 3 aromatic rings. The number of hydrogen-bond donors (Lipinski definition) is 1. The highest BCUT2D eigenvalue weighted by Gasteiger charge is 2.10. The summed E-state index contributed by atoms with van der Waals surface area (Å²) in [6.45, 7) is 10.3. The zero-order valence-electron chi connectivity index (χ0n) is 17.3. The van der Waals surface area contributed by atoms with Crippen molar-refractivity contribution in [2.75, 3.05) is 18.0 Å². The maximum absolute atomic E-state index is 5.79. The third kappa shape index (κ3) is 5.12. The standard InChI is InChI=1S/C22H27N5OS/c1-5-26(6-2)19-12-10-17(11-13-19)15-23-27-21(24-25-22(27)29)18-8-7-9-20(14-18)28-16(3)4/h7-16H,5-6H2,1-4H3,(H,25,29). The summed E-state index contributed by atoms with van der Waals surface area (Å²) in [5.41, 5.74) is 3.08. The Morgan fingerprint density at radius 2 is 1.90 bits per heavy atom. The van der Waals surface area contributed by atoms with Crippen LogP contribution in [0.4, 0.5) is 5.69 Å². The van der Waals surface area contributed by atoms with Crippen molar-refractivity contribution in [1.29, 1.82) is 0 Å². The Bertz CT molecular complexity index is 1020. The molecule has 6 nitrogen and oxygen atoms in total. The van der Waals surface area contributed by atoms with Gasteiger partial charge in [-0.2, -0.15) is 14.9 Å². The maximum atomic E-state index is 5.79. The SMILES string of the molecule is CCN(CC)c1ccc(C=Nn2c(-c3cccc(OC(C)C)c3)n[nH]c2=S)cc1. The predicted molar refractivity (Wildman–Crippen MR) is 122 cm³/mol. The first-order chi connectivity index (χ1) is 14.0. The van der Waals surface area contributed by atoms with Gasteiger partial charge in [-0.05, 0) is 69.7 Å². The summed E-state index contributed by atoms with van der Waals surface area (Å²) in [6, 6.07) is 16.1. The van der Waals surface area contributed by atoms with E-state index in [1.165, 1.54) is 5.69 Å². The highest BCUT2D eigenvalue weighted by molar-refractivity contribution is 7.71. The van der Waals surface area contributed by atoms with Crippen LogP contribution in [0.15, 0.2) is 53.6 Å². The van der Waals surface area contributed by atoms with Crippen molar-refractivity contribution in [2.24, 2.45) is 5.10 Å². The van der Waals surface area contributed by atoms with Gasteiger partial charge in [0.2, 0.25) is 4.77 Å². The molecule has 0 radical (unpaired) electrons. The zero-order chi connectivity index (χ0) is 20.8. The van der Waals surface area contributed by atoms with Gasteiger partial charge >= 0.3 is 0 Å². The molecule has 0 unspecified atom stereocenters. The van der Waals surface area contributed by atoms with Gasteiger partial charge in [-0.1, -0.05) is 24.3 Å². The van der Waals surface area contributed by atoms with Gasteiger partial charge in [0.05, 0.1) is 12.3 Å². The molecule has 0 saturated heterocycles. The van der Waals surface area contributed by atoms with Gasteiger partial charge < -0.3 is 9.64 Å². The average molecular weight is 410 g/mol. The number of aromatic amines is 1. The van der Waals surface area contributed by atoms with Crippen LogP contribution >= 0.6 is 12.2 Å². The number of nitrogens with one attached hydrogen (secondary N) is 1. The van der Waals surface area contributed by atoms with Crippen molar-refractivity contribution >= 4 is 24.1 Å². The number of hydrogen-bond acceptors (Lipinski definition) is 5. The van der Waals surface area contributed by atoms with Crippen LogP contribution in [0, 0.1) is 4.77 Å². The van der Waals surface area contributed by atoms with Crippen molar-refractivity contribution in [3.05, 3.63) is 58.9 Å². The molecule has 0 saturated carbocycles. The first-order valence-electron chi connectivity index (χ1n) is 9.85. The van der Waals surface area contributed by atoms with Gasteiger partial charge in [0.15, 0.2) is 5.82 Å². The van der Waals surface area contributed by atoms with Gasteiger partial charge in [0.1, 0.15) is 5.75 Å². The molecular formula is C22H27N5OS. The summed E-state index contributed by atoms with van der Waals surface area (Å²) in [5, 5.41) is 11.7. The van der Waals surface area contributed by atoms with Crippen molar-refractivity contribution in [2.45, 2.75) is 33.8 Å². The molecule has 0 spiro atoms. The quantitative estimate of drug-likeness (QED) is 0.414. The summed E-state index contributed by atoms with van der Waals surface area (Å²) in [7, 11) is 0. The van der Waals surface area contributed by atoms with E-state index in [1.807, 2.05) is 38.1 Å². The topological polar surface area (TPSA) is 58.4 Å². The third-order valence-electron chi connectivity index (χ3n) is 4.46. The fraction of sp³-hybridized carbons (Fsp3) is 0.318. The van der Waals surface area contributed by atoms with Gasteiger partial charge in [-0.15, -0.1) is 0 Å². The van der Waals surface area contributed by atoms with Crippen LogP contribution in [0.3, 0.4) is 0 Å². The Morgan fingerprint density at radius 1 is 1.17 bits per heavy atom. The minimum absolute atomic E-state index is 0.100. The summed E-state index contributed by atoms with van der Waals surface area (Å²) in [4.78, 5) is 2.30. The second-order valence-corrected chi connectivity index (χ2v) is 7.25. The fourth-order valence-corrected chi connectivity index (χ4v) is 3.23. The number of rotatable bonds is 8. The summed E-state index contributed by atoms with van der Waals surface area (Å²) in [5.74, 6) is 1.43. The van der Waals surface area contributed by atoms with E-state index in [0.717, 1.165) is 30.0 Å². The van der Waals surface area contributed by atoms with Gasteiger partial charge in [-0.3, -0.25) is 0 Å². The molecule has 3 rings (SSSR count). The Labute approximate surface area is 176 Å². The van der Waals surface area contributed by atoms with Gasteiger partial charge in [0, 0.05) is 24.3 Å². The van der Waals surface area contributed by atoms with E-state index in [9.17, 15) is 0 Å². The largest absolute Gasteiger partial charge is 0.491 e. The monoisotopic (exact) mass is 409 g/mol. The lowest BCUT2D eigenvalue weighted by atomic mass is 10.2. The van der Waals surface area contributed by atoms with Gasteiger partial charge in [0.25, 0.3) is 0 Å². The van der Waals surface area contributed by atoms with Crippen molar-refractivity contribution in [3.8, 4) is 17.1 Å². The Kier molecular flexibility index (Phi) is 6.82. The molecule has 152 valence electrons. The second-order valence-electron chi connectivity index (χ2n) is 6.87. The molecule has 0 aliphatic rings. The lowest BCUT2D eigenvalue weighted by Gasteiger charge is -2.20. The van der Waals surface area contributed by atoms with Gasteiger partial charge in [-0.25, -0.2) is 5.10 Å². The predicted octanol–water partition coefficient (Wildman–Crippen LogP) is 5.12. The average Bonchev–Trinajstić information content (AvgIpc) is 3.08. The Morgan fingerprint density at radius 3 is 2.55 bits per heavy atom. The van der Waals surface area contributed by atoms with E-state index < -0.39 is 0 Å². The van der Waals surface area contributed by atoms with Crippen molar-refractivity contribution < 1.29 is 4.74 Å². The van der Waals surface area contributed by atoms with Crippen molar-refractivity contribution in [3.63, 3.8) is 0 Å². The minimum Gasteiger partial charge on any atom is -0.491 e. The van der Waals surface area contributed by atoms with Crippen LogP contribution in [0.25, 0.3) is 11.4 Å². The van der Waals surface area contributed by atoms with E-state index in [4.69, 9.17) is 17.0 Å².